The second-order valence-corrected chi connectivity index (χ2v) is 7.93. The lowest BCUT2D eigenvalue weighted by Crippen LogP contribution is -1.96. The molecule has 2 aromatic carbocycles. The molecular weight excluding hydrogens is 347 g/mol. The topological polar surface area (TPSA) is 56.0 Å². The van der Waals surface area contributed by atoms with Crippen molar-refractivity contribution in [3.05, 3.63) is 52.0 Å². The summed E-state index contributed by atoms with van der Waals surface area (Å²) in [6.45, 7) is 0. The van der Waals surface area contributed by atoms with Gasteiger partial charge in [-0.3, -0.25) is 4.21 Å². The Morgan fingerprint density at radius 3 is 2.76 bits per heavy atom. The van der Waals surface area contributed by atoms with Gasteiger partial charge in [0, 0.05) is 15.7 Å². The standard InChI is InChI=1S/C14H10Cl2N2OS2/c15-9-2-1-8(11(16)5-9)7-21(19)14-18-12-4-3-10(17)6-13(12)20-14/h1-6H,7,17H2. The van der Waals surface area contributed by atoms with Crippen LogP contribution < -0.4 is 5.73 Å². The van der Waals surface area contributed by atoms with Crippen molar-refractivity contribution in [3.8, 4) is 0 Å². The zero-order valence-corrected chi connectivity index (χ0v) is 13.8. The van der Waals surface area contributed by atoms with Crippen LogP contribution in [0, 0.1) is 0 Å². The second-order valence-electron chi connectivity index (χ2n) is 4.43. The molecule has 0 aliphatic heterocycles. The van der Waals surface area contributed by atoms with Crippen molar-refractivity contribution >= 4 is 61.2 Å². The van der Waals surface area contributed by atoms with Crippen molar-refractivity contribution in [3.63, 3.8) is 0 Å². The first kappa shape index (κ1) is 14.8. The van der Waals surface area contributed by atoms with Crippen molar-refractivity contribution in [2.45, 2.75) is 10.1 Å². The maximum Gasteiger partial charge on any atom is 0.182 e. The zero-order valence-electron chi connectivity index (χ0n) is 10.7. The fourth-order valence-corrected chi connectivity index (χ4v) is 4.83. The Morgan fingerprint density at radius 1 is 1.19 bits per heavy atom. The number of hydrogen-bond donors (Lipinski definition) is 1. The molecule has 2 N–H and O–H groups in total. The zero-order chi connectivity index (χ0) is 15.0. The van der Waals surface area contributed by atoms with Crippen LogP contribution in [-0.4, -0.2) is 9.19 Å². The van der Waals surface area contributed by atoms with Crippen LogP contribution in [0.5, 0.6) is 0 Å². The van der Waals surface area contributed by atoms with Crippen molar-refractivity contribution in [1.82, 2.24) is 4.98 Å². The fraction of sp³-hybridized carbons (Fsp3) is 0.0714. The Hall–Kier alpha value is -1.14. The lowest BCUT2D eigenvalue weighted by atomic mass is 10.2. The van der Waals surface area contributed by atoms with Crippen LogP contribution in [0.1, 0.15) is 5.56 Å². The third kappa shape index (κ3) is 3.21. The first-order valence-corrected chi connectivity index (χ1v) is 8.90. The minimum Gasteiger partial charge on any atom is -0.399 e. The predicted molar refractivity (Wildman–Crippen MR) is 90.6 cm³/mol. The highest BCUT2D eigenvalue weighted by atomic mass is 35.5. The summed E-state index contributed by atoms with van der Waals surface area (Å²) in [4.78, 5) is 4.39. The van der Waals surface area contributed by atoms with Gasteiger partial charge < -0.3 is 5.73 Å². The first-order chi connectivity index (χ1) is 10.0. The summed E-state index contributed by atoms with van der Waals surface area (Å²) < 4.78 is 13.9. The quantitative estimate of drug-likeness (QED) is 0.703. The molecule has 0 spiro atoms. The molecule has 0 aliphatic carbocycles. The van der Waals surface area contributed by atoms with Crippen LogP contribution in [0.25, 0.3) is 10.2 Å². The number of hydrogen-bond acceptors (Lipinski definition) is 4. The number of halogens is 2. The van der Waals surface area contributed by atoms with E-state index in [4.69, 9.17) is 28.9 Å². The third-order valence-electron chi connectivity index (χ3n) is 2.89. The van der Waals surface area contributed by atoms with Crippen LogP contribution in [0.4, 0.5) is 5.69 Å². The third-order valence-corrected chi connectivity index (χ3v) is 6.15. The number of nitrogen functional groups attached to an aromatic ring is 1. The van der Waals surface area contributed by atoms with E-state index in [1.165, 1.54) is 11.3 Å². The van der Waals surface area contributed by atoms with Gasteiger partial charge >= 0.3 is 0 Å². The molecule has 0 saturated heterocycles. The number of nitrogens with two attached hydrogens (primary N) is 1. The Labute approximate surface area is 138 Å². The lowest BCUT2D eigenvalue weighted by Gasteiger charge is -2.03. The number of thiazole rings is 1. The SMILES string of the molecule is Nc1ccc2nc(S(=O)Cc3ccc(Cl)cc3Cl)sc2c1. The molecule has 1 unspecified atom stereocenters. The number of nitrogens with zero attached hydrogens (tertiary/aromatic N) is 1. The number of benzene rings is 2. The molecule has 3 rings (SSSR count). The Bertz CT molecular complexity index is 848. The van der Waals surface area contributed by atoms with Crippen molar-refractivity contribution in [2.24, 2.45) is 0 Å². The van der Waals surface area contributed by atoms with E-state index in [2.05, 4.69) is 4.98 Å². The van der Waals surface area contributed by atoms with Crippen LogP contribution in [0.3, 0.4) is 0 Å². The van der Waals surface area contributed by atoms with Crippen LogP contribution in [0.15, 0.2) is 40.7 Å². The van der Waals surface area contributed by atoms with E-state index in [-0.39, 0.29) is 0 Å². The molecule has 1 aromatic heterocycles. The molecule has 0 amide bonds. The average molecular weight is 357 g/mol. The van der Waals surface area contributed by atoms with E-state index in [1.807, 2.05) is 12.1 Å². The van der Waals surface area contributed by atoms with Crippen molar-refractivity contribution in [1.29, 1.82) is 0 Å². The van der Waals surface area contributed by atoms with Gasteiger partial charge in [0.1, 0.15) is 0 Å². The number of rotatable bonds is 3. The molecule has 0 fully saturated rings. The Morgan fingerprint density at radius 2 is 2.00 bits per heavy atom. The molecular formula is C14H10Cl2N2OS2. The molecule has 0 saturated carbocycles. The van der Waals surface area contributed by atoms with E-state index in [0.29, 0.717) is 25.8 Å². The summed E-state index contributed by atoms with van der Waals surface area (Å²) in [5.74, 6) is 0.311. The highest BCUT2D eigenvalue weighted by Gasteiger charge is 2.13. The summed E-state index contributed by atoms with van der Waals surface area (Å²) in [5, 5.41) is 1.08. The molecule has 0 bridgehead atoms. The molecule has 0 radical (unpaired) electrons. The van der Waals surface area contributed by atoms with E-state index in [0.717, 1.165) is 15.8 Å². The monoisotopic (exact) mass is 356 g/mol. The minimum atomic E-state index is -1.25. The Kier molecular flexibility index (Phi) is 4.17. The summed E-state index contributed by atoms with van der Waals surface area (Å²) >= 11 is 13.4. The van der Waals surface area contributed by atoms with Gasteiger partial charge in [0.15, 0.2) is 4.34 Å². The normalized spacial score (nSPS) is 12.7. The van der Waals surface area contributed by atoms with Gasteiger partial charge in [-0.1, -0.05) is 29.3 Å². The summed E-state index contributed by atoms with van der Waals surface area (Å²) in [5.41, 5.74) is 8.01. The molecule has 1 atom stereocenters. The van der Waals surface area contributed by atoms with Gasteiger partial charge in [-0.2, -0.15) is 0 Å². The fourth-order valence-electron chi connectivity index (χ4n) is 1.86. The summed E-state index contributed by atoms with van der Waals surface area (Å²) in [6.07, 6.45) is 0. The summed E-state index contributed by atoms with van der Waals surface area (Å²) in [6, 6.07) is 10.6. The minimum absolute atomic E-state index is 0.311. The first-order valence-electron chi connectivity index (χ1n) is 6.01. The van der Waals surface area contributed by atoms with Crippen molar-refractivity contribution < 1.29 is 4.21 Å². The van der Waals surface area contributed by atoms with Gasteiger partial charge in [0.2, 0.25) is 0 Å². The second kappa shape index (κ2) is 5.93. The Balaban J connectivity index is 1.89. The molecule has 0 aliphatic rings. The van der Waals surface area contributed by atoms with E-state index in [9.17, 15) is 4.21 Å². The van der Waals surface area contributed by atoms with Crippen LogP contribution in [-0.2, 0) is 16.6 Å². The molecule has 3 aromatic rings. The van der Waals surface area contributed by atoms with Gasteiger partial charge in [-0.15, -0.1) is 11.3 Å². The van der Waals surface area contributed by atoms with Gasteiger partial charge in [0.25, 0.3) is 0 Å². The van der Waals surface area contributed by atoms with Gasteiger partial charge in [-0.25, -0.2) is 4.98 Å². The van der Waals surface area contributed by atoms with Gasteiger partial charge in [0.05, 0.1) is 26.8 Å². The van der Waals surface area contributed by atoms with Crippen molar-refractivity contribution in [2.75, 3.05) is 5.73 Å². The molecule has 7 heteroatoms. The van der Waals surface area contributed by atoms with E-state index >= 15 is 0 Å². The molecule has 21 heavy (non-hydrogen) atoms. The molecule has 108 valence electrons. The maximum atomic E-state index is 12.4. The number of aromatic nitrogens is 1. The predicted octanol–water partition coefficient (Wildman–Crippen LogP) is 4.49. The number of anilines is 1. The van der Waals surface area contributed by atoms with E-state index < -0.39 is 10.8 Å². The summed E-state index contributed by atoms with van der Waals surface area (Å²) in [7, 11) is -1.25. The molecule has 3 nitrogen and oxygen atoms in total. The average Bonchev–Trinajstić information content (AvgIpc) is 2.85. The highest BCUT2D eigenvalue weighted by Crippen LogP contribution is 2.29. The van der Waals surface area contributed by atoms with Gasteiger partial charge in [-0.05, 0) is 35.9 Å². The smallest absolute Gasteiger partial charge is 0.182 e. The van der Waals surface area contributed by atoms with E-state index in [1.54, 1.807) is 24.3 Å². The number of fused-ring (bicyclic) bond motifs is 1. The van der Waals surface area contributed by atoms with Crippen LogP contribution >= 0.6 is 34.5 Å². The lowest BCUT2D eigenvalue weighted by molar-refractivity contribution is 0.682. The van der Waals surface area contributed by atoms with Crippen LogP contribution in [0.2, 0.25) is 10.0 Å². The molecule has 1 heterocycles. The largest absolute Gasteiger partial charge is 0.399 e. The highest BCUT2D eigenvalue weighted by molar-refractivity contribution is 7.86. The maximum absolute atomic E-state index is 12.4.